The maximum absolute atomic E-state index is 13.0. The van der Waals surface area contributed by atoms with Crippen LogP contribution in [0.2, 0.25) is 5.02 Å². The van der Waals surface area contributed by atoms with Crippen LogP contribution in [0, 0.1) is 6.92 Å². The van der Waals surface area contributed by atoms with Gasteiger partial charge in [0.15, 0.2) is 0 Å². The van der Waals surface area contributed by atoms with E-state index in [9.17, 15) is 19.2 Å². The zero-order valence-corrected chi connectivity index (χ0v) is 20.6. The van der Waals surface area contributed by atoms with Crippen LogP contribution in [-0.4, -0.2) is 30.8 Å². The summed E-state index contributed by atoms with van der Waals surface area (Å²) in [5, 5.41) is 5.93. The number of aryl methyl sites for hydroxylation is 1. The number of imide groups is 1. The number of anilines is 3. The number of ether oxygens (including phenoxy) is 1. The number of carbonyl (C=O) groups excluding carboxylic acids is 4. The Kier molecular flexibility index (Phi) is 7.10. The van der Waals surface area contributed by atoms with Gasteiger partial charge in [-0.25, -0.2) is 9.69 Å². The summed E-state index contributed by atoms with van der Waals surface area (Å²) >= 11 is 12.2. The van der Waals surface area contributed by atoms with Crippen molar-refractivity contribution in [1.82, 2.24) is 0 Å². The van der Waals surface area contributed by atoms with Crippen LogP contribution in [0.1, 0.15) is 26.3 Å². The molecule has 0 aromatic heterocycles. The average molecular weight is 524 g/mol. The highest BCUT2D eigenvalue weighted by Crippen LogP contribution is 2.30. The van der Waals surface area contributed by atoms with E-state index in [0.717, 1.165) is 10.5 Å². The first-order valence-electron chi connectivity index (χ1n) is 10.6. The number of hydrogen-bond acceptors (Lipinski definition) is 6. The molecule has 0 saturated heterocycles. The van der Waals surface area contributed by atoms with Gasteiger partial charge in [0.2, 0.25) is 0 Å². The van der Waals surface area contributed by atoms with Crippen molar-refractivity contribution in [2.45, 2.75) is 6.92 Å². The predicted molar refractivity (Wildman–Crippen MR) is 137 cm³/mol. The lowest BCUT2D eigenvalue weighted by atomic mass is 10.1. The van der Waals surface area contributed by atoms with Gasteiger partial charge in [-0.1, -0.05) is 29.3 Å². The zero-order valence-electron chi connectivity index (χ0n) is 19.1. The number of nitrogens with zero attached hydrogens (tertiary/aromatic N) is 1. The third kappa shape index (κ3) is 4.95. The van der Waals surface area contributed by atoms with Crippen molar-refractivity contribution in [2.75, 3.05) is 22.6 Å². The average Bonchev–Trinajstić information content (AvgIpc) is 3.08. The molecule has 1 heterocycles. The Morgan fingerprint density at radius 1 is 0.889 bits per heavy atom. The van der Waals surface area contributed by atoms with E-state index in [1.165, 1.54) is 37.4 Å². The Bertz CT molecular complexity index is 1430. The van der Waals surface area contributed by atoms with Crippen LogP contribution in [0.3, 0.4) is 0 Å². The number of esters is 1. The predicted octanol–water partition coefficient (Wildman–Crippen LogP) is 5.12. The Hall–Kier alpha value is -4.14. The molecule has 8 nitrogen and oxygen atoms in total. The van der Waals surface area contributed by atoms with E-state index >= 15 is 0 Å². The first-order chi connectivity index (χ1) is 17.2. The highest BCUT2D eigenvalue weighted by molar-refractivity contribution is 6.53. The SMILES string of the molecule is COC(=O)c1ccc(N2C(=O)C(Cl)=C(Nc3cccc(C(=O)Nc4ccc(Cl)cc4C)c3)C2=O)cc1. The number of halogens is 2. The molecule has 3 aromatic carbocycles. The third-order valence-corrected chi connectivity index (χ3v) is 5.99. The molecule has 0 spiro atoms. The molecular formula is C26H19Cl2N3O5. The minimum absolute atomic E-state index is 0.134. The summed E-state index contributed by atoms with van der Waals surface area (Å²) in [6, 6.07) is 17.3. The molecule has 0 bridgehead atoms. The highest BCUT2D eigenvalue weighted by atomic mass is 35.5. The van der Waals surface area contributed by atoms with Crippen LogP contribution in [0.15, 0.2) is 77.5 Å². The van der Waals surface area contributed by atoms with Crippen LogP contribution in [0.25, 0.3) is 0 Å². The van der Waals surface area contributed by atoms with Gasteiger partial charge in [-0.05, 0) is 73.2 Å². The van der Waals surface area contributed by atoms with Crippen LogP contribution in [0.5, 0.6) is 0 Å². The van der Waals surface area contributed by atoms with E-state index < -0.39 is 17.8 Å². The molecule has 0 saturated carbocycles. The van der Waals surface area contributed by atoms with Gasteiger partial charge in [-0.15, -0.1) is 0 Å². The van der Waals surface area contributed by atoms with Gasteiger partial charge in [0.05, 0.1) is 18.4 Å². The smallest absolute Gasteiger partial charge is 0.337 e. The van der Waals surface area contributed by atoms with Crippen LogP contribution >= 0.6 is 23.2 Å². The number of carbonyl (C=O) groups is 4. The fraction of sp³-hybridized carbons (Fsp3) is 0.0769. The lowest BCUT2D eigenvalue weighted by molar-refractivity contribution is -0.120. The molecule has 0 unspecified atom stereocenters. The van der Waals surface area contributed by atoms with Crippen molar-refractivity contribution < 1.29 is 23.9 Å². The molecule has 0 aliphatic carbocycles. The Balaban J connectivity index is 1.52. The molecular weight excluding hydrogens is 505 g/mol. The molecule has 3 amide bonds. The summed E-state index contributed by atoms with van der Waals surface area (Å²) in [5.74, 6) is -2.32. The van der Waals surface area contributed by atoms with Gasteiger partial charge in [0.1, 0.15) is 10.7 Å². The molecule has 1 aliphatic rings. The van der Waals surface area contributed by atoms with Gasteiger partial charge < -0.3 is 15.4 Å². The lowest BCUT2D eigenvalue weighted by Gasteiger charge is -2.15. The van der Waals surface area contributed by atoms with Gasteiger partial charge >= 0.3 is 5.97 Å². The summed E-state index contributed by atoms with van der Waals surface area (Å²) in [6.45, 7) is 1.82. The lowest BCUT2D eigenvalue weighted by Crippen LogP contribution is -2.32. The van der Waals surface area contributed by atoms with E-state index in [1.807, 2.05) is 6.92 Å². The summed E-state index contributed by atoms with van der Waals surface area (Å²) in [4.78, 5) is 51.1. The maximum atomic E-state index is 13.0. The molecule has 1 aliphatic heterocycles. The number of amides is 3. The zero-order chi connectivity index (χ0) is 26.0. The van der Waals surface area contributed by atoms with Gasteiger partial charge in [0.25, 0.3) is 17.7 Å². The molecule has 2 N–H and O–H groups in total. The summed E-state index contributed by atoms with van der Waals surface area (Å²) in [7, 11) is 1.25. The standard InChI is InChI=1S/C26H19Cl2N3O5/c1-14-12-17(27)8-11-20(14)30-23(32)16-4-3-5-18(13-16)29-22-21(28)24(33)31(25(22)34)19-9-6-15(7-10-19)26(35)36-2/h3-13,29H,1-2H3,(H,30,32). The van der Waals surface area contributed by atoms with Gasteiger partial charge in [-0.2, -0.15) is 0 Å². The summed E-state index contributed by atoms with van der Waals surface area (Å²) in [6.07, 6.45) is 0. The summed E-state index contributed by atoms with van der Waals surface area (Å²) in [5.41, 5.74) is 2.48. The molecule has 0 fully saturated rings. The number of nitrogens with one attached hydrogen (secondary N) is 2. The van der Waals surface area contributed by atoms with Crippen molar-refractivity contribution in [3.05, 3.63) is 99.2 Å². The molecule has 36 heavy (non-hydrogen) atoms. The molecule has 3 aromatic rings. The molecule has 182 valence electrons. The number of benzene rings is 3. The third-order valence-electron chi connectivity index (χ3n) is 5.40. The summed E-state index contributed by atoms with van der Waals surface area (Å²) < 4.78 is 4.65. The topological polar surface area (TPSA) is 105 Å². The Labute approximate surface area is 216 Å². The van der Waals surface area contributed by atoms with E-state index in [-0.39, 0.29) is 27.9 Å². The Morgan fingerprint density at radius 3 is 2.28 bits per heavy atom. The second-order valence-electron chi connectivity index (χ2n) is 7.79. The van der Waals surface area contributed by atoms with Gasteiger partial charge in [0, 0.05) is 22.0 Å². The quantitative estimate of drug-likeness (QED) is 0.343. The molecule has 0 radical (unpaired) electrons. The second kappa shape index (κ2) is 10.2. The van der Waals surface area contributed by atoms with E-state index in [2.05, 4.69) is 15.4 Å². The van der Waals surface area contributed by atoms with E-state index in [0.29, 0.717) is 22.0 Å². The van der Waals surface area contributed by atoms with E-state index in [4.69, 9.17) is 23.2 Å². The molecule has 10 heteroatoms. The first kappa shape index (κ1) is 25.0. The molecule has 0 atom stereocenters. The van der Waals surface area contributed by atoms with Crippen molar-refractivity contribution in [2.24, 2.45) is 0 Å². The minimum atomic E-state index is -0.720. The number of rotatable bonds is 6. The van der Waals surface area contributed by atoms with Crippen LogP contribution < -0.4 is 15.5 Å². The monoisotopic (exact) mass is 523 g/mol. The minimum Gasteiger partial charge on any atom is -0.465 e. The normalized spacial score (nSPS) is 13.2. The second-order valence-corrected chi connectivity index (χ2v) is 8.61. The fourth-order valence-electron chi connectivity index (χ4n) is 3.55. The number of methoxy groups -OCH3 is 1. The van der Waals surface area contributed by atoms with E-state index in [1.54, 1.807) is 36.4 Å². The van der Waals surface area contributed by atoms with Crippen molar-refractivity contribution >= 4 is 64.0 Å². The van der Waals surface area contributed by atoms with Crippen molar-refractivity contribution in [1.29, 1.82) is 0 Å². The fourth-order valence-corrected chi connectivity index (χ4v) is 3.99. The molecule has 4 rings (SSSR count). The van der Waals surface area contributed by atoms with Gasteiger partial charge in [-0.3, -0.25) is 14.4 Å². The van der Waals surface area contributed by atoms with Crippen molar-refractivity contribution in [3.63, 3.8) is 0 Å². The van der Waals surface area contributed by atoms with Crippen molar-refractivity contribution in [3.8, 4) is 0 Å². The number of hydrogen-bond donors (Lipinski definition) is 2. The largest absolute Gasteiger partial charge is 0.465 e. The maximum Gasteiger partial charge on any atom is 0.337 e. The first-order valence-corrected chi connectivity index (χ1v) is 11.4. The van der Waals surface area contributed by atoms with Crippen LogP contribution in [0.4, 0.5) is 17.1 Å². The highest BCUT2D eigenvalue weighted by Gasteiger charge is 2.39. The Morgan fingerprint density at radius 2 is 1.61 bits per heavy atom. The van der Waals surface area contributed by atoms with Crippen LogP contribution in [-0.2, 0) is 14.3 Å².